The minimum atomic E-state index is 0.438. The Bertz CT molecular complexity index is 1030. The van der Waals surface area contributed by atoms with Gasteiger partial charge in [0.05, 0.1) is 23.8 Å². The van der Waals surface area contributed by atoms with Crippen molar-refractivity contribution in [3.63, 3.8) is 0 Å². The van der Waals surface area contributed by atoms with Crippen molar-refractivity contribution in [1.29, 1.82) is 0 Å². The molecule has 1 saturated heterocycles. The number of nitrogens with one attached hydrogen (secondary N) is 3. The first-order chi connectivity index (χ1) is 12.9. The number of anilines is 1. The van der Waals surface area contributed by atoms with Gasteiger partial charge in [0.25, 0.3) is 0 Å². The third-order valence-corrected chi connectivity index (χ3v) is 4.76. The van der Waals surface area contributed by atoms with Gasteiger partial charge in [0.1, 0.15) is 11.5 Å². The van der Waals surface area contributed by atoms with E-state index in [0.717, 1.165) is 53.5 Å². The van der Waals surface area contributed by atoms with Crippen LogP contribution in [0.25, 0.3) is 28.2 Å². The average molecular weight is 345 g/mol. The number of imidazole rings is 1. The van der Waals surface area contributed by atoms with Gasteiger partial charge in [-0.3, -0.25) is 9.50 Å². The molecule has 1 fully saturated rings. The monoisotopic (exact) mass is 345 g/mol. The summed E-state index contributed by atoms with van der Waals surface area (Å²) in [5.74, 6) is 0.900. The van der Waals surface area contributed by atoms with Crippen molar-refractivity contribution in [3.05, 3.63) is 55.1 Å². The molecule has 1 aliphatic heterocycles. The zero-order chi connectivity index (χ0) is 17.3. The van der Waals surface area contributed by atoms with Crippen LogP contribution in [-0.4, -0.2) is 43.7 Å². The quantitative estimate of drug-likeness (QED) is 0.529. The number of rotatable bonds is 4. The zero-order valence-electron chi connectivity index (χ0n) is 14.2. The summed E-state index contributed by atoms with van der Waals surface area (Å²) in [6, 6.07) is 10.6. The number of pyridine rings is 2. The Labute approximate surface area is 150 Å². The average Bonchev–Trinajstić information content (AvgIpc) is 3.43. The summed E-state index contributed by atoms with van der Waals surface area (Å²) in [6.07, 6.45) is 8.77. The molecule has 0 aromatic carbocycles. The summed E-state index contributed by atoms with van der Waals surface area (Å²) in [5.41, 5.74) is 4.89. The largest absolute Gasteiger partial charge is 0.366 e. The normalized spacial score (nSPS) is 17.0. The fourth-order valence-electron chi connectivity index (χ4n) is 3.39. The van der Waals surface area contributed by atoms with Gasteiger partial charge in [-0.05, 0) is 37.2 Å². The second-order valence-electron chi connectivity index (χ2n) is 6.52. The maximum Gasteiger partial charge on any atom is 0.137 e. The van der Waals surface area contributed by atoms with E-state index in [1.165, 1.54) is 0 Å². The Hall–Kier alpha value is -3.19. The second-order valence-corrected chi connectivity index (χ2v) is 6.52. The molecule has 0 aliphatic carbocycles. The molecule has 3 N–H and O–H groups in total. The molecule has 5 rings (SSSR count). The van der Waals surface area contributed by atoms with Crippen LogP contribution < -0.4 is 10.6 Å². The molecule has 4 aromatic heterocycles. The van der Waals surface area contributed by atoms with Crippen molar-refractivity contribution in [1.82, 2.24) is 29.9 Å². The highest BCUT2D eigenvalue weighted by atomic mass is 15.1. The van der Waals surface area contributed by atoms with E-state index in [1.807, 2.05) is 42.9 Å². The molecule has 0 spiro atoms. The molecule has 26 heavy (non-hydrogen) atoms. The summed E-state index contributed by atoms with van der Waals surface area (Å²) in [4.78, 5) is 9.32. The molecule has 1 aliphatic rings. The van der Waals surface area contributed by atoms with Crippen LogP contribution in [0.15, 0.2) is 55.1 Å². The molecular formula is C19H19N7. The number of aromatic nitrogens is 5. The molecule has 5 heterocycles. The third kappa shape index (κ3) is 2.72. The highest BCUT2D eigenvalue weighted by Crippen LogP contribution is 2.24. The van der Waals surface area contributed by atoms with Crippen molar-refractivity contribution in [2.45, 2.75) is 12.5 Å². The van der Waals surface area contributed by atoms with Crippen molar-refractivity contribution in [2.75, 3.05) is 18.4 Å². The lowest BCUT2D eigenvalue weighted by Gasteiger charge is -2.12. The number of H-pyrrole nitrogens is 1. The van der Waals surface area contributed by atoms with Crippen LogP contribution in [0.2, 0.25) is 0 Å². The summed E-state index contributed by atoms with van der Waals surface area (Å²) < 4.78 is 2.07. The Kier molecular flexibility index (Phi) is 3.64. The lowest BCUT2D eigenvalue weighted by molar-refractivity contribution is 0.788. The van der Waals surface area contributed by atoms with E-state index in [-0.39, 0.29) is 0 Å². The van der Waals surface area contributed by atoms with E-state index >= 15 is 0 Å². The number of nitrogens with zero attached hydrogens (tertiary/aromatic N) is 4. The second kappa shape index (κ2) is 6.27. The van der Waals surface area contributed by atoms with Gasteiger partial charge in [0, 0.05) is 36.1 Å². The van der Waals surface area contributed by atoms with Gasteiger partial charge in [-0.15, -0.1) is 0 Å². The minimum Gasteiger partial charge on any atom is -0.366 e. The van der Waals surface area contributed by atoms with Gasteiger partial charge < -0.3 is 10.6 Å². The minimum absolute atomic E-state index is 0.438. The van der Waals surface area contributed by atoms with Gasteiger partial charge in [0.2, 0.25) is 0 Å². The fourth-order valence-corrected chi connectivity index (χ4v) is 3.39. The summed E-state index contributed by atoms with van der Waals surface area (Å²) >= 11 is 0. The van der Waals surface area contributed by atoms with Crippen LogP contribution in [0.1, 0.15) is 6.42 Å². The summed E-state index contributed by atoms with van der Waals surface area (Å²) in [5, 5.41) is 13.8. The molecule has 0 saturated carbocycles. The number of aromatic amines is 1. The lowest BCUT2D eigenvalue weighted by atomic mass is 10.1. The van der Waals surface area contributed by atoms with E-state index in [9.17, 15) is 0 Å². The smallest absolute Gasteiger partial charge is 0.137 e. The van der Waals surface area contributed by atoms with Gasteiger partial charge >= 0.3 is 0 Å². The molecular weight excluding hydrogens is 326 g/mol. The highest BCUT2D eigenvalue weighted by Gasteiger charge is 2.15. The van der Waals surface area contributed by atoms with Crippen LogP contribution >= 0.6 is 0 Å². The van der Waals surface area contributed by atoms with Crippen LogP contribution in [0.3, 0.4) is 0 Å². The number of hydrogen-bond acceptors (Lipinski definition) is 5. The molecule has 1 atom stereocenters. The van der Waals surface area contributed by atoms with Gasteiger partial charge in [-0.2, -0.15) is 5.10 Å². The molecule has 4 aromatic rings. The molecule has 130 valence electrons. The highest BCUT2D eigenvalue weighted by molar-refractivity contribution is 5.67. The standard InChI is InChI=1S/C19H19N7/c1-2-16(25-18(3-1)24-15-6-7-20-10-15)17-11-21-19-5-4-13(12-26(17)19)14-8-22-23-9-14/h1-5,8-9,11-12,15,20H,6-7,10H2,(H,22,23)(H,24,25)/t15-/m0/s1. The molecule has 0 bridgehead atoms. The Balaban J connectivity index is 1.53. The van der Waals surface area contributed by atoms with Crippen molar-refractivity contribution in [2.24, 2.45) is 0 Å². The first-order valence-electron chi connectivity index (χ1n) is 8.78. The SMILES string of the molecule is c1cc(N[C@H]2CCNC2)nc(-c2cnc3ccc(-c4cn[nH]c4)cn23)c1. The molecule has 7 nitrogen and oxygen atoms in total. The van der Waals surface area contributed by atoms with Crippen molar-refractivity contribution in [3.8, 4) is 22.5 Å². The van der Waals surface area contributed by atoms with Crippen LogP contribution in [0.5, 0.6) is 0 Å². The number of fused-ring (bicyclic) bond motifs is 1. The fraction of sp³-hybridized carbons (Fsp3) is 0.211. The molecule has 0 amide bonds. The van der Waals surface area contributed by atoms with Crippen LogP contribution in [-0.2, 0) is 0 Å². The van der Waals surface area contributed by atoms with Crippen LogP contribution in [0, 0.1) is 0 Å². The van der Waals surface area contributed by atoms with Crippen LogP contribution in [0.4, 0.5) is 5.82 Å². The Morgan fingerprint density at radius 3 is 2.96 bits per heavy atom. The molecule has 0 unspecified atom stereocenters. The summed E-state index contributed by atoms with van der Waals surface area (Å²) in [7, 11) is 0. The first kappa shape index (κ1) is 15.1. The van der Waals surface area contributed by atoms with Gasteiger partial charge in [-0.1, -0.05) is 6.07 Å². The van der Waals surface area contributed by atoms with E-state index < -0.39 is 0 Å². The predicted octanol–water partition coefficient (Wildman–Crippen LogP) is 2.56. The molecule has 0 radical (unpaired) electrons. The zero-order valence-corrected chi connectivity index (χ0v) is 14.2. The van der Waals surface area contributed by atoms with Gasteiger partial charge in [0.15, 0.2) is 0 Å². The Morgan fingerprint density at radius 2 is 2.12 bits per heavy atom. The summed E-state index contributed by atoms with van der Waals surface area (Å²) in [6.45, 7) is 2.04. The van der Waals surface area contributed by atoms with E-state index in [1.54, 1.807) is 0 Å². The third-order valence-electron chi connectivity index (χ3n) is 4.76. The van der Waals surface area contributed by atoms with E-state index in [0.29, 0.717) is 6.04 Å². The van der Waals surface area contributed by atoms with E-state index in [4.69, 9.17) is 4.98 Å². The van der Waals surface area contributed by atoms with Crippen molar-refractivity contribution >= 4 is 11.5 Å². The van der Waals surface area contributed by atoms with Gasteiger partial charge in [-0.25, -0.2) is 9.97 Å². The number of hydrogen-bond donors (Lipinski definition) is 3. The predicted molar refractivity (Wildman–Crippen MR) is 101 cm³/mol. The molecule has 7 heteroatoms. The topological polar surface area (TPSA) is 82.9 Å². The Morgan fingerprint density at radius 1 is 1.12 bits per heavy atom. The van der Waals surface area contributed by atoms with Crippen molar-refractivity contribution < 1.29 is 0 Å². The maximum absolute atomic E-state index is 4.80. The first-order valence-corrected chi connectivity index (χ1v) is 8.78. The lowest BCUT2D eigenvalue weighted by Crippen LogP contribution is -2.22. The maximum atomic E-state index is 4.80. The van der Waals surface area contributed by atoms with E-state index in [2.05, 4.69) is 42.5 Å².